The Balaban J connectivity index is 2.55. The molecule has 0 amide bonds. The molecule has 0 N–H and O–H groups in total. The first-order valence-electron chi connectivity index (χ1n) is 3.50. The van der Waals surface area contributed by atoms with Crippen LogP contribution in [0.15, 0.2) is 11.6 Å². The lowest BCUT2D eigenvalue weighted by Gasteiger charge is -2.35. The van der Waals surface area contributed by atoms with Crippen molar-refractivity contribution in [2.45, 2.75) is 26.2 Å². The second-order valence-electron chi connectivity index (χ2n) is 3.07. The summed E-state index contributed by atoms with van der Waals surface area (Å²) in [6.07, 6.45) is 4.68. The van der Waals surface area contributed by atoms with Gasteiger partial charge in [-0.3, -0.25) is 4.79 Å². The molecule has 10 heavy (non-hydrogen) atoms. The van der Waals surface area contributed by atoms with Gasteiger partial charge in [-0.05, 0) is 18.9 Å². The Kier molecular flexibility index (Phi) is 2.14. The maximum atomic E-state index is 11.2. The van der Waals surface area contributed by atoms with Crippen LogP contribution in [0.25, 0.3) is 0 Å². The largest absolute Gasteiger partial charge is 0.294 e. The number of rotatable bonds is 2. The molecule has 1 rings (SSSR count). The predicted molar refractivity (Wildman–Crippen MR) is 42.0 cm³/mol. The van der Waals surface area contributed by atoms with Crippen LogP contribution in [0.1, 0.15) is 26.2 Å². The van der Waals surface area contributed by atoms with Crippen LogP contribution in [-0.4, -0.2) is 5.78 Å². The van der Waals surface area contributed by atoms with E-state index in [9.17, 15) is 4.79 Å². The standard InChI is InChI=1S/C8H11ClO/c1-8(4-2-5-8)7(10)3-6-9/h3,6H,2,4-5H2,1H3. The first-order chi connectivity index (χ1) is 4.69. The van der Waals surface area contributed by atoms with Gasteiger partial charge < -0.3 is 0 Å². The molecule has 0 aromatic carbocycles. The molecule has 1 aliphatic rings. The summed E-state index contributed by atoms with van der Waals surface area (Å²) in [5.41, 5.74) is 1.22. The van der Waals surface area contributed by atoms with Crippen molar-refractivity contribution in [3.63, 3.8) is 0 Å². The van der Waals surface area contributed by atoms with E-state index in [1.165, 1.54) is 18.0 Å². The van der Waals surface area contributed by atoms with Gasteiger partial charge in [0.1, 0.15) is 0 Å². The highest BCUT2D eigenvalue weighted by atomic mass is 35.5. The van der Waals surface area contributed by atoms with E-state index in [4.69, 9.17) is 11.6 Å². The summed E-state index contributed by atoms with van der Waals surface area (Å²) < 4.78 is 0. The Morgan fingerprint density at radius 3 is 2.50 bits per heavy atom. The highest BCUT2D eigenvalue weighted by molar-refractivity contribution is 6.27. The molecule has 0 bridgehead atoms. The van der Waals surface area contributed by atoms with Gasteiger partial charge in [0.05, 0.1) is 0 Å². The molecule has 0 saturated heterocycles. The van der Waals surface area contributed by atoms with E-state index in [0.29, 0.717) is 0 Å². The average molecular weight is 159 g/mol. The normalized spacial score (nSPS) is 22.6. The van der Waals surface area contributed by atoms with E-state index in [2.05, 4.69) is 0 Å². The maximum absolute atomic E-state index is 11.2. The molecule has 1 fully saturated rings. The third kappa shape index (κ3) is 1.24. The lowest BCUT2D eigenvalue weighted by molar-refractivity contribution is -0.127. The molecule has 0 aliphatic heterocycles. The van der Waals surface area contributed by atoms with Crippen molar-refractivity contribution < 1.29 is 4.79 Å². The predicted octanol–water partition coefficient (Wildman–Crippen LogP) is 2.50. The molecule has 0 radical (unpaired) electrons. The second-order valence-corrected chi connectivity index (χ2v) is 3.32. The van der Waals surface area contributed by atoms with Gasteiger partial charge >= 0.3 is 0 Å². The number of hydrogen-bond acceptors (Lipinski definition) is 1. The Bertz CT molecular complexity index is 168. The summed E-state index contributed by atoms with van der Waals surface area (Å²) in [5.74, 6) is 0.175. The molecule has 0 unspecified atom stereocenters. The summed E-state index contributed by atoms with van der Waals surface area (Å²) in [6.45, 7) is 2.00. The summed E-state index contributed by atoms with van der Waals surface area (Å²) in [4.78, 5) is 11.2. The highest BCUT2D eigenvalue weighted by Crippen LogP contribution is 2.41. The van der Waals surface area contributed by atoms with Crippen molar-refractivity contribution in [3.8, 4) is 0 Å². The lowest BCUT2D eigenvalue weighted by atomic mass is 9.68. The van der Waals surface area contributed by atoms with E-state index in [0.717, 1.165) is 12.8 Å². The summed E-state index contributed by atoms with van der Waals surface area (Å²) in [5, 5.41) is 0. The van der Waals surface area contributed by atoms with Crippen molar-refractivity contribution in [3.05, 3.63) is 11.6 Å². The van der Waals surface area contributed by atoms with Crippen molar-refractivity contribution in [1.29, 1.82) is 0 Å². The van der Waals surface area contributed by atoms with E-state index in [1.807, 2.05) is 6.92 Å². The number of allylic oxidation sites excluding steroid dienone is 1. The highest BCUT2D eigenvalue weighted by Gasteiger charge is 2.37. The zero-order valence-corrected chi connectivity index (χ0v) is 6.82. The minimum atomic E-state index is -0.0780. The lowest BCUT2D eigenvalue weighted by Crippen LogP contribution is -2.33. The third-order valence-electron chi connectivity index (χ3n) is 2.27. The van der Waals surface area contributed by atoms with Gasteiger partial charge in [0, 0.05) is 11.0 Å². The Morgan fingerprint density at radius 1 is 1.60 bits per heavy atom. The first kappa shape index (κ1) is 7.80. The number of carbonyl (C=O) groups is 1. The molecule has 0 heterocycles. The molecule has 0 atom stereocenters. The van der Waals surface area contributed by atoms with Gasteiger partial charge in [-0.1, -0.05) is 24.9 Å². The Labute approximate surface area is 66.1 Å². The number of halogens is 1. The fraction of sp³-hybridized carbons (Fsp3) is 0.625. The molecular weight excluding hydrogens is 148 g/mol. The SMILES string of the molecule is CC1(C(=O)C=CCl)CCC1. The van der Waals surface area contributed by atoms with Gasteiger partial charge in [0.2, 0.25) is 0 Å². The van der Waals surface area contributed by atoms with Crippen molar-refractivity contribution in [1.82, 2.24) is 0 Å². The molecule has 2 heteroatoms. The molecule has 0 spiro atoms. The Hall–Kier alpha value is -0.300. The van der Waals surface area contributed by atoms with Gasteiger partial charge in [0.25, 0.3) is 0 Å². The van der Waals surface area contributed by atoms with Crippen molar-refractivity contribution in [2.24, 2.45) is 5.41 Å². The first-order valence-corrected chi connectivity index (χ1v) is 3.94. The van der Waals surface area contributed by atoms with Crippen LogP contribution >= 0.6 is 11.6 Å². The summed E-state index contributed by atoms with van der Waals surface area (Å²) >= 11 is 5.28. The number of ketones is 1. The van der Waals surface area contributed by atoms with E-state index >= 15 is 0 Å². The van der Waals surface area contributed by atoms with Gasteiger partial charge in [0.15, 0.2) is 5.78 Å². The quantitative estimate of drug-likeness (QED) is 0.565. The minimum Gasteiger partial charge on any atom is -0.294 e. The maximum Gasteiger partial charge on any atom is 0.162 e. The zero-order chi connectivity index (χ0) is 7.61. The monoisotopic (exact) mass is 158 g/mol. The minimum absolute atomic E-state index is 0.0780. The van der Waals surface area contributed by atoms with Crippen LogP contribution in [-0.2, 0) is 4.79 Å². The van der Waals surface area contributed by atoms with Gasteiger partial charge in [-0.15, -0.1) is 0 Å². The van der Waals surface area contributed by atoms with Crippen LogP contribution in [0.5, 0.6) is 0 Å². The molecule has 1 aliphatic carbocycles. The van der Waals surface area contributed by atoms with E-state index in [-0.39, 0.29) is 11.2 Å². The van der Waals surface area contributed by atoms with Crippen LogP contribution in [0.3, 0.4) is 0 Å². The van der Waals surface area contributed by atoms with Crippen molar-refractivity contribution in [2.75, 3.05) is 0 Å². The smallest absolute Gasteiger partial charge is 0.162 e. The molecule has 1 nitrogen and oxygen atoms in total. The molecular formula is C8H11ClO. The van der Waals surface area contributed by atoms with Gasteiger partial charge in [-0.25, -0.2) is 0 Å². The van der Waals surface area contributed by atoms with Crippen LogP contribution in [0.2, 0.25) is 0 Å². The van der Waals surface area contributed by atoms with Crippen LogP contribution in [0.4, 0.5) is 0 Å². The zero-order valence-electron chi connectivity index (χ0n) is 6.06. The summed E-state index contributed by atoms with van der Waals surface area (Å²) in [6, 6.07) is 0. The average Bonchev–Trinajstić information content (AvgIpc) is 1.83. The van der Waals surface area contributed by atoms with E-state index < -0.39 is 0 Å². The topological polar surface area (TPSA) is 17.1 Å². The van der Waals surface area contributed by atoms with Gasteiger partial charge in [-0.2, -0.15) is 0 Å². The van der Waals surface area contributed by atoms with E-state index in [1.54, 1.807) is 0 Å². The van der Waals surface area contributed by atoms with Crippen LogP contribution in [0, 0.1) is 5.41 Å². The summed E-state index contributed by atoms with van der Waals surface area (Å²) in [7, 11) is 0. The second kappa shape index (κ2) is 2.75. The molecule has 1 saturated carbocycles. The third-order valence-corrected chi connectivity index (χ3v) is 2.39. The molecule has 0 aromatic rings. The number of carbonyl (C=O) groups excluding carboxylic acids is 1. The molecule has 0 aromatic heterocycles. The molecule has 56 valence electrons. The number of hydrogen-bond donors (Lipinski definition) is 0. The Morgan fingerprint density at radius 2 is 2.20 bits per heavy atom. The fourth-order valence-electron chi connectivity index (χ4n) is 1.21. The van der Waals surface area contributed by atoms with Crippen LogP contribution < -0.4 is 0 Å². The fourth-order valence-corrected chi connectivity index (χ4v) is 1.33. The van der Waals surface area contributed by atoms with Crippen molar-refractivity contribution >= 4 is 17.4 Å².